The maximum absolute atomic E-state index is 12.6. The quantitative estimate of drug-likeness (QED) is 0.583. The van der Waals surface area contributed by atoms with Gasteiger partial charge in [-0.15, -0.1) is 0 Å². The molecule has 0 bridgehead atoms. The molecule has 1 fully saturated rings. The fourth-order valence-corrected chi connectivity index (χ4v) is 2.88. The number of esters is 2. The predicted molar refractivity (Wildman–Crippen MR) is 101 cm³/mol. The van der Waals surface area contributed by atoms with Crippen molar-refractivity contribution in [1.29, 1.82) is 0 Å². The van der Waals surface area contributed by atoms with E-state index >= 15 is 0 Å². The van der Waals surface area contributed by atoms with Crippen LogP contribution in [0.2, 0.25) is 0 Å². The van der Waals surface area contributed by atoms with Crippen LogP contribution < -0.4 is 5.32 Å². The zero-order valence-electron chi connectivity index (χ0n) is 16.8. The highest BCUT2D eigenvalue weighted by Gasteiger charge is 2.42. The largest absolute Gasteiger partial charge is 0.468 e. The number of benzene rings is 1. The first kappa shape index (κ1) is 21.7. The summed E-state index contributed by atoms with van der Waals surface area (Å²) < 4.78 is 15.4. The van der Waals surface area contributed by atoms with Crippen molar-refractivity contribution in [2.45, 2.75) is 51.5 Å². The number of nitrogens with zero attached hydrogens (tertiary/aromatic N) is 1. The first-order valence-electron chi connectivity index (χ1n) is 9.20. The molecule has 0 aromatic heterocycles. The fraction of sp³-hybridized carbons (Fsp3) is 0.550. The summed E-state index contributed by atoms with van der Waals surface area (Å²) in [6, 6.07) is 8.26. The van der Waals surface area contributed by atoms with Gasteiger partial charge in [0.2, 0.25) is 0 Å². The van der Waals surface area contributed by atoms with E-state index in [0.717, 1.165) is 5.56 Å². The van der Waals surface area contributed by atoms with E-state index in [-0.39, 0.29) is 25.7 Å². The number of hydrogen-bond donors (Lipinski definition) is 1. The number of likely N-dealkylation sites (tertiary alicyclic amines) is 1. The van der Waals surface area contributed by atoms with Gasteiger partial charge in [-0.25, -0.2) is 9.59 Å². The van der Waals surface area contributed by atoms with Crippen LogP contribution in [0.1, 0.15) is 32.8 Å². The molecule has 28 heavy (non-hydrogen) atoms. The van der Waals surface area contributed by atoms with Gasteiger partial charge in [-0.2, -0.15) is 0 Å². The van der Waals surface area contributed by atoms with Crippen LogP contribution in [0.5, 0.6) is 0 Å². The highest BCUT2D eigenvalue weighted by molar-refractivity contribution is 5.82. The topological polar surface area (TPSA) is 94.2 Å². The van der Waals surface area contributed by atoms with Gasteiger partial charge >= 0.3 is 18.0 Å². The third-order valence-corrected chi connectivity index (χ3v) is 4.18. The number of carbonyl (C=O) groups is 3. The summed E-state index contributed by atoms with van der Waals surface area (Å²) in [6.45, 7) is 5.64. The number of hydrogen-bond acceptors (Lipinski definition) is 7. The van der Waals surface area contributed by atoms with Crippen molar-refractivity contribution in [2.24, 2.45) is 0 Å². The van der Waals surface area contributed by atoms with E-state index in [1.807, 2.05) is 30.3 Å². The van der Waals surface area contributed by atoms with Crippen LogP contribution in [-0.4, -0.2) is 60.8 Å². The van der Waals surface area contributed by atoms with Crippen LogP contribution >= 0.6 is 0 Å². The molecule has 1 N–H and O–H groups in total. The molecule has 2 atom stereocenters. The third kappa shape index (κ3) is 6.53. The zero-order chi connectivity index (χ0) is 20.7. The van der Waals surface area contributed by atoms with Gasteiger partial charge in [0.05, 0.1) is 13.7 Å². The molecule has 1 aromatic carbocycles. The second-order valence-electron chi connectivity index (χ2n) is 7.63. The molecule has 0 radical (unpaired) electrons. The molecule has 8 heteroatoms. The van der Waals surface area contributed by atoms with E-state index in [1.165, 1.54) is 12.0 Å². The summed E-state index contributed by atoms with van der Waals surface area (Å²) >= 11 is 0. The molecule has 2 rings (SSSR count). The Balaban J connectivity index is 2.03. The second kappa shape index (κ2) is 9.54. The Morgan fingerprint density at radius 3 is 2.46 bits per heavy atom. The van der Waals surface area contributed by atoms with Crippen LogP contribution in [0.25, 0.3) is 0 Å². The number of carbonyl (C=O) groups excluding carboxylic acids is 3. The Labute approximate surface area is 165 Å². The summed E-state index contributed by atoms with van der Waals surface area (Å²) in [5, 5.41) is 3.01. The minimum Gasteiger partial charge on any atom is -0.468 e. The Morgan fingerprint density at radius 2 is 1.86 bits per heavy atom. The standard InChI is InChI=1S/C20H28N2O6/c1-20(2,3)28-18(24)16-10-15(21-11-17(23)26-4)12-22(16)19(25)27-13-14-8-6-5-7-9-14/h5-9,15-16,21H,10-13H2,1-4H3/t15-,16-/m0/s1. The Kier molecular flexibility index (Phi) is 7.39. The van der Waals surface area contributed by atoms with Crippen LogP contribution in [-0.2, 0) is 30.4 Å². The average Bonchev–Trinajstić information content (AvgIpc) is 3.08. The molecule has 154 valence electrons. The van der Waals surface area contributed by atoms with Gasteiger partial charge < -0.3 is 19.5 Å². The van der Waals surface area contributed by atoms with Gasteiger partial charge in [-0.05, 0) is 32.8 Å². The lowest BCUT2D eigenvalue weighted by Crippen LogP contribution is -2.44. The molecule has 0 saturated carbocycles. The van der Waals surface area contributed by atoms with Crippen LogP contribution in [0, 0.1) is 0 Å². The van der Waals surface area contributed by atoms with Crippen molar-refractivity contribution >= 4 is 18.0 Å². The maximum atomic E-state index is 12.6. The van der Waals surface area contributed by atoms with Crippen LogP contribution in [0.15, 0.2) is 30.3 Å². The lowest BCUT2D eigenvalue weighted by Gasteiger charge is -2.26. The lowest BCUT2D eigenvalue weighted by molar-refractivity contribution is -0.159. The number of amides is 1. The fourth-order valence-electron chi connectivity index (χ4n) is 2.88. The first-order chi connectivity index (χ1) is 13.2. The molecule has 0 aliphatic carbocycles. The van der Waals surface area contributed by atoms with Gasteiger partial charge in [0.15, 0.2) is 0 Å². The average molecular weight is 392 g/mol. The van der Waals surface area contributed by atoms with Crippen molar-refractivity contribution in [3.8, 4) is 0 Å². The number of rotatable bonds is 6. The minimum absolute atomic E-state index is 0.00485. The SMILES string of the molecule is COC(=O)CN[C@H]1C[C@@H](C(=O)OC(C)(C)C)N(C(=O)OCc2ccccc2)C1. The van der Waals surface area contributed by atoms with Crippen LogP contribution in [0.4, 0.5) is 4.79 Å². The Bertz CT molecular complexity index is 686. The highest BCUT2D eigenvalue weighted by atomic mass is 16.6. The van der Waals surface area contributed by atoms with Gasteiger partial charge in [0.1, 0.15) is 18.2 Å². The van der Waals surface area contributed by atoms with Crippen molar-refractivity contribution in [3.63, 3.8) is 0 Å². The minimum atomic E-state index is -0.780. The van der Waals surface area contributed by atoms with Crippen molar-refractivity contribution < 1.29 is 28.6 Å². The van der Waals surface area contributed by atoms with E-state index in [1.54, 1.807) is 20.8 Å². The van der Waals surface area contributed by atoms with Gasteiger partial charge in [-0.1, -0.05) is 30.3 Å². The molecule has 0 spiro atoms. The molecule has 8 nitrogen and oxygen atoms in total. The zero-order valence-corrected chi connectivity index (χ0v) is 16.8. The number of methoxy groups -OCH3 is 1. The Morgan fingerprint density at radius 1 is 1.18 bits per heavy atom. The molecule has 1 amide bonds. The lowest BCUT2D eigenvalue weighted by atomic mass is 10.1. The van der Waals surface area contributed by atoms with E-state index in [4.69, 9.17) is 9.47 Å². The summed E-state index contributed by atoms with van der Waals surface area (Å²) in [6.07, 6.45) is -0.270. The molecule has 1 aliphatic rings. The second-order valence-corrected chi connectivity index (χ2v) is 7.63. The maximum Gasteiger partial charge on any atom is 0.410 e. The van der Waals surface area contributed by atoms with E-state index < -0.39 is 29.7 Å². The molecule has 1 heterocycles. The third-order valence-electron chi connectivity index (χ3n) is 4.18. The van der Waals surface area contributed by atoms with Gasteiger partial charge in [0.25, 0.3) is 0 Å². The van der Waals surface area contributed by atoms with Crippen molar-refractivity contribution in [1.82, 2.24) is 10.2 Å². The smallest absolute Gasteiger partial charge is 0.410 e. The monoisotopic (exact) mass is 392 g/mol. The van der Waals surface area contributed by atoms with E-state index in [9.17, 15) is 14.4 Å². The molecule has 1 aromatic rings. The molecular weight excluding hydrogens is 364 g/mol. The van der Waals surface area contributed by atoms with E-state index in [2.05, 4.69) is 10.1 Å². The summed E-state index contributed by atoms with van der Waals surface area (Å²) in [7, 11) is 1.30. The van der Waals surface area contributed by atoms with Gasteiger partial charge in [0, 0.05) is 12.6 Å². The van der Waals surface area contributed by atoms with Gasteiger partial charge in [-0.3, -0.25) is 9.69 Å². The van der Waals surface area contributed by atoms with Crippen molar-refractivity contribution in [3.05, 3.63) is 35.9 Å². The van der Waals surface area contributed by atoms with E-state index in [0.29, 0.717) is 6.42 Å². The molecule has 1 saturated heterocycles. The Hall–Kier alpha value is -2.61. The summed E-state index contributed by atoms with van der Waals surface area (Å²) in [5.74, 6) is -0.912. The molecule has 1 aliphatic heterocycles. The number of ether oxygens (including phenoxy) is 3. The number of nitrogens with one attached hydrogen (secondary N) is 1. The molecule has 0 unspecified atom stereocenters. The normalized spacial score (nSPS) is 19.2. The van der Waals surface area contributed by atoms with Crippen molar-refractivity contribution in [2.75, 3.05) is 20.2 Å². The van der Waals surface area contributed by atoms with Crippen LogP contribution in [0.3, 0.4) is 0 Å². The first-order valence-corrected chi connectivity index (χ1v) is 9.20. The highest BCUT2D eigenvalue weighted by Crippen LogP contribution is 2.23. The summed E-state index contributed by atoms with van der Waals surface area (Å²) in [5.41, 5.74) is 0.179. The summed E-state index contributed by atoms with van der Waals surface area (Å²) in [4.78, 5) is 37.9. The predicted octanol–water partition coefficient (Wildman–Crippen LogP) is 1.87. The molecular formula is C20H28N2O6.